The third-order valence-corrected chi connectivity index (χ3v) is 8.05. The van der Waals surface area contributed by atoms with Gasteiger partial charge in [-0.1, -0.05) is 51.5 Å². The van der Waals surface area contributed by atoms with Crippen LogP contribution in [0.1, 0.15) is 75.2 Å². The van der Waals surface area contributed by atoms with E-state index >= 15 is 0 Å². The Hall–Kier alpha value is -4.12. The van der Waals surface area contributed by atoms with Crippen molar-refractivity contribution in [2.75, 3.05) is 32.9 Å². The molecule has 3 N–H and O–H groups in total. The van der Waals surface area contributed by atoms with Crippen molar-refractivity contribution in [1.29, 1.82) is 0 Å². The summed E-state index contributed by atoms with van der Waals surface area (Å²) in [6.45, 7) is 8.48. The summed E-state index contributed by atoms with van der Waals surface area (Å²) in [6, 6.07) is 12.2. The minimum Gasteiger partial charge on any atom is -0.491 e. The van der Waals surface area contributed by atoms with E-state index < -0.39 is 29.8 Å². The second kappa shape index (κ2) is 17.5. The van der Waals surface area contributed by atoms with Crippen molar-refractivity contribution in [3.63, 3.8) is 0 Å². The normalized spacial score (nSPS) is 21.1. The Morgan fingerprint density at radius 1 is 1.07 bits per heavy atom. The summed E-state index contributed by atoms with van der Waals surface area (Å²) >= 11 is 0. The predicted octanol–water partition coefficient (Wildman–Crippen LogP) is 3.60. The molecule has 2 aromatic rings. The number of hydrogen-bond acceptors (Lipinski definition) is 7. The Labute approximate surface area is 271 Å². The molecule has 0 aliphatic carbocycles. The van der Waals surface area contributed by atoms with Crippen LogP contribution >= 0.6 is 0 Å². The van der Waals surface area contributed by atoms with Crippen molar-refractivity contribution >= 4 is 23.6 Å². The van der Waals surface area contributed by atoms with Gasteiger partial charge in [0.2, 0.25) is 17.7 Å². The van der Waals surface area contributed by atoms with Crippen molar-refractivity contribution in [3.8, 4) is 11.5 Å². The standard InChI is InChI=1S/C35H48N4O7/c1-4-5-16-39-17-19-45-31-11-7-6-10-28(31)33(41)38-29(21-32(40)37-30(35(39)43)20-24(2)3)34(42)36-22-25-12-14-26(15-13-25)46-23-27-9-8-18-44-27/h6-7,10-15,24,27,29-30H,4-5,8-9,16-23H2,1-3H3,(H,36,42)(H,37,40)(H,38,41)/t27?,29-,30-/m0/s1. The first-order valence-electron chi connectivity index (χ1n) is 16.4. The van der Waals surface area contributed by atoms with Crippen molar-refractivity contribution < 1.29 is 33.4 Å². The SMILES string of the molecule is CCCCN1CCOc2ccccc2C(=O)N[C@H](C(=O)NCc2ccc(OCC3CCCO3)cc2)CC(=O)N[C@@H](CC(C)C)C1=O. The number of carbonyl (C=O) groups excluding carboxylic acids is 4. The maximum atomic E-state index is 13.7. The lowest BCUT2D eigenvalue weighted by Crippen LogP contribution is -2.53. The van der Waals surface area contributed by atoms with Gasteiger partial charge in [0.1, 0.15) is 36.8 Å². The van der Waals surface area contributed by atoms with Gasteiger partial charge in [-0.05, 0) is 61.4 Å². The number of fused-ring (bicyclic) bond motifs is 1. The van der Waals surface area contributed by atoms with Crippen LogP contribution in [0.3, 0.4) is 0 Å². The molecular weight excluding hydrogens is 588 g/mol. The molecule has 11 heteroatoms. The van der Waals surface area contributed by atoms with Crippen LogP contribution in [0, 0.1) is 5.92 Å². The van der Waals surface area contributed by atoms with Gasteiger partial charge in [0.25, 0.3) is 5.91 Å². The van der Waals surface area contributed by atoms with E-state index in [1.165, 1.54) is 0 Å². The van der Waals surface area contributed by atoms with E-state index in [0.717, 1.165) is 37.9 Å². The molecule has 2 heterocycles. The van der Waals surface area contributed by atoms with Gasteiger partial charge >= 0.3 is 0 Å². The molecule has 0 radical (unpaired) electrons. The van der Waals surface area contributed by atoms with Crippen LogP contribution in [-0.2, 0) is 25.7 Å². The smallest absolute Gasteiger partial charge is 0.255 e. The fraction of sp³-hybridized carbons (Fsp3) is 0.543. The Bertz CT molecular complexity index is 1310. The van der Waals surface area contributed by atoms with Crippen LogP contribution < -0.4 is 25.4 Å². The zero-order valence-electron chi connectivity index (χ0n) is 27.2. The molecule has 11 nitrogen and oxygen atoms in total. The number of rotatable bonds is 11. The molecule has 2 aromatic carbocycles. The number of nitrogens with one attached hydrogen (secondary N) is 3. The molecule has 1 saturated heterocycles. The van der Waals surface area contributed by atoms with Crippen LogP contribution in [0.2, 0.25) is 0 Å². The molecule has 0 spiro atoms. The summed E-state index contributed by atoms with van der Waals surface area (Å²) in [6.07, 6.45) is 3.96. The second-order valence-electron chi connectivity index (χ2n) is 12.3. The highest BCUT2D eigenvalue weighted by atomic mass is 16.5. The summed E-state index contributed by atoms with van der Waals surface area (Å²) in [4.78, 5) is 55.7. The average Bonchev–Trinajstić information content (AvgIpc) is 3.57. The van der Waals surface area contributed by atoms with Gasteiger partial charge in [0.15, 0.2) is 0 Å². The number of ether oxygens (including phenoxy) is 3. The molecule has 2 aliphatic rings. The second-order valence-corrected chi connectivity index (χ2v) is 12.3. The third kappa shape index (κ3) is 10.5. The summed E-state index contributed by atoms with van der Waals surface area (Å²) in [5.41, 5.74) is 1.06. The lowest BCUT2D eigenvalue weighted by Gasteiger charge is -2.30. The van der Waals surface area contributed by atoms with Gasteiger partial charge in [-0.3, -0.25) is 19.2 Å². The topological polar surface area (TPSA) is 135 Å². The van der Waals surface area contributed by atoms with E-state index in [4.69, 9.17) is 14.2 Å². The van der Waals surface area contributed by atoms with Gasteiger partial charge in [0.05, 0.1) is 24.6 Å². The van der Waals surface area contributed by atoms with E-state index in [0.29, 0.717) is 37.6 Å². The van der Waals surface area contributed by atoms with Gasteiger partial charge < -0.3 is 35.1 Å². The number of benzene rings is 2. The maximum absolute atomic E-state index is 13.7. The van der Waals surface area contributed by atoms with E-state index in [-0.39, 0.29) is 43.1 Å². The van der Waals surface area contributed by atoms with Crippen molar-refractivity contribution in [2.24, 2.45) is 5.92 Å². The van der Waals surface area contributed by atoms with Gasteiger partial charge in [-0.2, -0.15) is 0 Å². The van der Waals surface area contributed by atoms with Crippen molar-refractivity contribution in [2.45, 2.75) is 84.0 Å². The van der Waals surface area contributed by atoms with E-state index in [2.05, 4.69) is 22.9 Å². The summed E-state index contributed by atoms with van der Waals surface area (Å²) in [5, 5.41) is 8.44. The Morgan fingerprint density at radius 3 is 2.57 bits per heavy atom. The van der Waals surface area contributed by atoms with Gasteiger partial charge in [0, 0.05) is 19.7 Å². The zero-order valence-corrected chi connectivity index (χ0v) is 27.2. The van der Waals surface area contributed by atoms with Crippen LogP contribution in [0.15, 0.2) is 48.5 Å². The number of amides is 4. The van der Waals surface area contributed by atoms with Crippen molar-refractivity contribution in [3.05, 3.63) is 59.7 Å². The molecule has 4 rings (SSSR count). The van der Waals surface area contributed by atoms with Gasteiger partial charge in [-0.15, -0.1) is 0 Å². The molecule has 1 unspecified atom stereocenters. The number of carbonyl (C=O) groups is 4. The highest BCUT2D eigenvalue weighted by molar-refractivity contribution is 6.01. The minimum atomic E-state index is -1.19. The van der Waals surface area contributed by atoms with Crippen LogP contribution in [-0.4, -0.2) is 79.6 Å². The summed E-state index contributed by atoms with van der Waals surface area (Å²) < 4.78 is 17.4. The molecular formula is C35H48N4O7. The fourth-order valence-electron chi connectivity index (χ4n) is 5.51. The van der Waals surface area contributed by atoms with Crippen LogP contribution in [0.25, 0.3) is 0 Å². The molecule has 0 bridgehead atoms. The molecule has 46 heavy (non-hydrogen) atoms. The Balaban J connectivity index is 1.49. The van der Waals surface area contributed by atoms with Gasteiger partial charge in [-0.25, -0.2) is 0 Å². The van der Waals surface area contributed by atoms with E-state index in [1.807, 2.05) is 38.1 Å². The summed E-state index contributed by atoms with van der Waals surface area (Å²) in [5.74, 6) is -0.558. The molecule has 3 atom stereocenters. The first-order valence-corrected chi connectivity index (χ1v) is 16.4. The number of hydrogen-bond donors (Lipinski definition) is 3. The first kappa shape index (κ1) is 34.7. The summed E-state index contributed by atoms with van der Waals surface area (Å²) in [7, 11) is 0. The number of para-hydroxylation sites is 1. The lowest BCUT2D eigenvalue weighted by atomic mass is 10.0. The minimum absolute atomic E-state index is 0.114. The Kier molecular flexibility index (Phi) is 13.3. The highest BCUT2D eigenvalue weighted by Gasteiger charge is 2.31. The molecule has 250 valence electrons. The van der Waals surface area contributed by atoms with Crippen LogP contribution in [0.5, 0.6) is 11.5 Å². The molecule has 0 saturated carbocycles. The largest absolute Gasteiger partial charge is 0.491 e. The van der Waals surface area contributed by atoms with E-state index in [1.54, 1.807) is 29.2 Å². The predicted molar refractivity (Wildman–Crippen MR) is 173 cm³/mol. The third-order valence-electron chi connectivity index (χ3n) is 8.05. The van der Waals surface area contributed by atoms with E-state index in [9.17, 15) is 19.2 Å². The molecule has 2 aliphatic heterocycles. The molecule has 0 aromatic heterocycles. The molecule has 1 fully saturated rings. The quantitative estimate of drug-likeness (QED) is 0.343. The Morgan fingerprint density at radius 2 is 1.85 bits per heavy atom. The average molecular weight is 637 g/mol. The monoisotopic (exact) mass is 636 g/mol. The number of unbranched alkanes of at least 4 members (excludes halogenated alkanes) is 1. The van der Waals surface area contributed by atoms with Crippen LogP contribution in [0.4, 0.5) is 0 Å². The fourth-order valence-corrected chi connectivity index (χ4v) is 5.51. The maximum Gasteiger partial charge on any atom is 0.255 e. The zero-order chi connectivity index (χ0) is 32.9. The van der Waals surface area contributed by atoms with Crippen molar-refractivity contribution in [1.82, 2.24) is 20.9 Å². The molecule has 4 amide bonds. The lowest BCUT2D eigenvalue weighted by molar-refractivity contribution is -0.137. The number of nitrogens with zero attached hydrogens (tertiary/aromatic N) is 1. The first-order chi connectivity index (χ1) is 22.2. The highest BCUT2D eigenvalue weighted by Crippen LogP contribution is 2.20.